The van der Waals surface area contributed by atoms with Crippen molar-refractivity contribution in [2.24, 2.45) is 0 Å². The molecule has 0 bridgehead atoms. The molecule has 0 radical (unpaired) electrons. The predicted octanol–water partition coefficient (Wildman–Crippen LogP) is 5.53. The third-order valence-corrected chi connectivity index (χ3v) is 6.04. The molecule has 3 heterocycles. The zero-order valence-corrected chi connectivity index (χ0v) is 18.9. The van der Waals surface area contributed by atoms with Crippen molar-refractivity contribution in [2.75, 3.05) is 0 Å². The highest BCUT2D eigenvalue weighted by molar-refractivity contribution is 7.08. The molecule has 1 amide bonds. The number of hydrogen-bond acceptors (Lipinski definition) is 6. The van der Waals surface area contributed by atoms with E-state index in [2.05, 4.69) is 25.4 Å². The Morgan fingerprint density at radius 3 is 2.66 bits per heavy atom. The fraction of sp³-hybridized carbons (Fsp3) is 0.167. The molecular weight excluding hydrogens is 479 g/mol. The van der Waals surface area contributed by atoms with Gasteiger partial charge in [0.05, 0.1) is 17.1 Å². The number of carbonyl (C=O) groups is 1. The molecule has 0 saturated carbocycles. The molecule has 2 aromatic carbocycles. The van der Waals surface area contributed by atoms with Crippen molar-refractivity contribution >= 4 is 28.3 Å². The molecule has 1 unspecified atom stereocenters. The van der Waals surface area contributed by atoms with Crippen molar-refractivity contribution in [3.63, 3.8) is 0 Å². The number of amides is 1. The van der Waals surface area contributed by atoms with E-state index in [0.717, 1.165) is 11.1 Å². The van der Waals surface area contributed by atoms with Crippen LogP contribution in [0.3, 0.4) is 0 Å². The van der Waals surface area contributed by atoms with Crippen molar-refractivity contribution in [1.29, 1.82) is 0 Å². The summed E-state index contributed by atoms with van der Waals surface area (Å²) in [5.74, 6) is -0.521. The van der Waals surface area contributed by atoms with E-state index in [1.807, 2.05) is 47.2 Å². The number of benzene rings is 2. The highest BCUT2D eigenvalue weighted by atomic mass is 32.1. The number of aromatic amines is 1. The molecule has 5 rings (SSSR count). The zero-order valence-electron chi connectivity index (χ0n) is 18.0. The van der Waals surface area contributed by atoms with Gasteiger partial charge in [0.15, 0.2) is 0 Å². The Labute approximate surface area is 201 Å². The second kappa shape index (κ2) is 9.34. The summed E-state index contributed by atoms with van der Waals surface area (Å²) in [6.45, 7) is 0. The first kappa shape index (κ1) is 22.8. The van der Waals surface area contributed by atoms with E-state index in [4.69, 9.17) is 4.52 Å². The Morgan fingerprint density at radius 2 is 1.91 bits per heavy atom. The van der Waals surface area contributed by atoms with Crippen LogP contribution in [0.25, 0.3) is 22.4 Å². The average Bonchev–Trinajstić information content (AvgIpc) is 3.61. The predicted molar refractivity (Wildman–Crippen MR) is 123 cm³/mol. The van der Waals surface area contributed by atoms with Gasteiger partial charge in [0.1, 0.15) is 0 Å². The lowest BCUT2D eigenvalue weighted by molar-refractivity contribution is -0.144. The fourth-order valence-corrected chi connectivity index (χ4v) is 4.30. The summed E-state index contributed by atoms with van der Waals surface area (Å²) in [5.41, 5.74) is 2.68. The Balaban J connectivity index is 1.34. The summed E-state index contributed by atoms with van der Waals surface area (Å²) in [6, 6.07) is 15.2. The minimum atomic E-state index is -4.58. The maximum Gasteiger partial charge on any atom is 0.449 e. The number of halogens is 3. The van der Waals surface area contributed by atoms with Crippen LogP contribution in [0.1, 0.15) is 35.3 Å². The average molecular weight is 498 g/mol. The number of nitrogens with zero attached hydrogens (tertiary/aromatic N) is 3. The molecule has 35 heavy (non-hydrogen) atoms. The minimum absolute atomic E-state index is 0.0964. The maximum atomic E-state index is 13.1. The third-order valence-electron chi connectivity index (χ3n) is 5.36. The molecule has 1 atom stereocenters. The summed E-state index contributed by atoms with van der Waals surface area (Å²) in [6.07, 6.45) is -4.23. The van der Waals surface area contributed by atoms with E-state index in [-0.39, 0.29) is 29.8 Å². The first-order chi connectivity index (χ1) is 16.9. The van der Waals surface area contributed by atoms with Crippen LogP contribution in [0.4, 0.5) is 13.2 Å². The van der Waals surface area contributed by atoms with Crippen LogP contribution in [-0.4, -0.2) is 26.0 Å². The summed E-state index contributed by atoms with van der Waals surface area (Å²) >= 11 is 1.52. The monoisotopic (exact) mass is 497 g/mol. The first-order valence-corrected chi connectivity index (χ1v) is 11.6. The van der Waals surface area contributed by atoms with E-state index in [0.29, 0.717) is 17.3 Å². The van der Waals surface area contributed by atoms with Gasteiger partial charge in [0.2, 0.25) is 23.4 Å². The summed E-state index contributed by atoms with van der Waals surface area (Å²) in [5, 5.41) is 10.7. The highest BCUT2D eigenvalue weighted by Gasteiger charge is 2.34. The Morgan fingerprint density at radius 1 is 1.09 bits per heavy atom. The summed E-state index contributed by atoms with van der Waals surface area (Å²) in [4.78, 5) is 23.1. The number of thiophene rings is 1. The van der Waals surface area contributed by atoms with Gasteiger partial charge in [-0.1, -0.05) is 41.6 Å². The van der Waals surface area contributed by atoms with E-state index >= 15 is 0 Å². The number of H-pyrrole nitrogens is 1. The molecular formula is C24H18F3N5O2S. The van der Waals surface area contributed by atoms with Gasteiger partial charge in [-0.3, -0.25) is 4.79 Å². The molecule has 0 aliphatic carbocycles. The van der Waals surface area contributed by atoms with Crippen molar-refractivity contribution in [3.8, 4) is 11.4 Å². The second-order valence-electron chi connectivity index (χ2n) is 7.79. The number of alkyl halides is 3. The van der Waals surface area contributed by atoms with Crippen LogP contribution in [0.15, 0.2) is 69.9 Å². The number of aromatic nitrogens is 4. The topological polar surface area (TPSA) is 96.7 Å². The van der Waals surface area contributed by atoms with Gasteiger partial charge in [-0.25, -0.2) is 4.98 Å². The number of rotatable bonds is 7. The van der Waals surface area contributed by atoms with Crippen molar-refractivity contribution in [3.05, 3.63) is 88.2 Å². The first-order valence-electron chi connectivity index (χ1n) is 10.6. The largest absolute Gasteiger partial charge is 0.449 e. The van der Waals surface area contributed by atoms with Gasteiger partial charge in [0, 0.05) is 23.8 Å². The van der Waals surface area contributed by atoms with Gasteiger partial charge in [-0.05, 0) is 34.7 Å². The second-order valence-corrected chi connectivity index (χ2v) is 8.57. The van der Waals surface area contributed by atoms with Crippen molar-refractivity contribution < 1.29 is 22.5 Å². The van der Waals surface area contributed by atoms with Gasteiger partial charge >= 0.3 is 6.18 Å². The van der Waals surface area contributed by atoms with Crippen molar-refractivity contribution in [1.82, 2.24) is 25.4 Å². The smallest absolute Gasteiger partial charge is 0.345 e. The van der Waals surface area contributed by atoms with E-state index in [1.54, 1.807) is 12.1 Å². The molecule has 0 saturated heterocycles. The summed E-state index contributed by atoms with van der Waals surface area (Å²) in [7, 11) is 0. The molecule has 0 spiro atoms. The third kappa shape index (κ3) is 5.09. The molecule has 3 aromatic heterocycles. The van der Waals surface area contributed by atoms with Crippen LogP contribution >= 0.6 is 11.3 Å². The SMILES string of the molecule is O=C(CCc1nc(-c2ccsc2)no1)NC(c1ccccc1)c1ccc2nc(C(F)(F)F)[nH]c2c1. The van der Waals surface area contributed by atoms with E-state index in [9.17, 15) is 18.0 Å². The molecule has 0 fully saturated rings. The molecule has 7 nitrogen and oxygen atoms in total. The maximum absolute atomic E-state index is 13.1. The van der Waals surface area contributed by atoms with Gasteiger partial charge < -0.3 is 14.8 Å². The lowest BCUT2D eigenvalue weighted by Gasteiger charge is -2.20. The number of fused-ring (bicyclic) bond motifs is 1. The number of aryl methyl sites for hydroxylation is 1. The van der Waals surface area contributed by atoms with E-state index in [1.165, 1.54) is 17.4 Å². The Kier molecular flexibility index (Phi) is 6.08. The molecule has 11 heteroatoms. The molecule has 0 aliphatic heterocycles. The summed E-state index contributed by atoms with van der Waals surface area (Å²) < 4.78 is 44.4. The molecule has 178 valence electrons. The van der Waals surface area contributed by atoms with Gasteiger partial charge in [-0.2, -0.15) is 29.5 Å². The number of hydrogen-bond donors (Lipinski definition) is 2. The number of carbonyl (C=O) groups excluding carboxylic acids is 1. The number of nitrogens with one attached hydrogen (secondary N) is 2. The highest BCUT2D eigenvalue weighted by Crippen LogP contribution is 2.30. The van der Waals surface area contributed by atoms with Crippen molar-refractivity contribution in [2.45, 2.75) is 25.1 Å². The lowest BCUT2D eigenvalue weighted by Crippen LogP contribution is -2.29. The van der Waals surface area contributed by atoms with Gasteiger partial charge in [0.25, 0.3) is 0 Å². The lowest BCUT2D eigenvalue weighted by atomic mass is 9.98. The van der Waals surface area contributed by atoms with Crippen LogP contribution in [-0.2, 0) is 17.4 Å². The number of imidazole rings is 1. The standard InChI is InChI=1S/C24H18F3N5O2S/c25-24(26,27)23-28-17-7-6-15(12-18(17)29-23)21(14-4-2-1-3-5-14)30-19(33)8-9-20-31-22(32-34-20)16-10-11-35-13-16/h1-7,10-13,21H,8-9H2,(H,28,29)(H,30,33). The zero-order chi connectivity index (χ0) is 24.4. The molecule has 5 aromatic rings. The van der Waals surface area contributed by atoms with E-state index < -0.39 is 18.0 Å². The molecule has 0 aliphatic rings. The molecule has 2 N–H and O–H groups in total. The van der Waals surface area contributed by atoms with Crippen LogP contribution in [0.5, 0.6) is 0 Å². The van der Waals surface area contributed by atoms with Gasteiger partial charge in [-0.15, -0.1) is 0 Å². The normalized spacial score (nSPS) is 12.7. The fourth-order valence-electron chi connectivity index (χ4n) is 3.66. The minimum Gasteiger partial charge on any atom is -0.345 e. The quantitative estimate of drug-likeness (QED) is 0.308. The van der Waals surface area contributed by atoms with Crippen LogP contribution < -0.4 is 5.32 Å². The Bertz CT molecular complexity index is 1450. The van der Waals surface area contributed by atoms with Crippen LogP contribution in [0.2, 0.25) is 0 Å². The van der Waals surface area contributed by atoms with Crippen LogP contribution in [0, 0.1) is 0 Å². The Hall–Kier alpha value is -3.99.